The van der Waals surface area contributed by atoms with Crippen molar-refractivity contribution in [1.29, 1.82) is 0 Å². The van der Waals surface area contributed by atoms with Gasteiger partial charge in [0.2, 0.25) is 0 Å². The fourth-order valence-electron chi connectivity index (χ4n) is 8.47. The molecule has 34 heavy (non-hydrogen) atoms. The summed E-state index contributed by atoms with van der Waals surface area (Å²) in [5.41, 5.74) is 10.3. The number of anilines is 2. The number of nitrogens with one attached hydrogen (secondary N) is 1. The first kappa shape index (κ1) is 21.2. The summed E-state index contributed by atoms with van der Waals surface area (Å²) in [6.07, 6.45) is 7.21. The summed E-state index contributed by atoms with van der Waals surface area (Å²) in [5.74, 6) is 3.56. The third kappa shape index (κ3) is 2.90. The average Bonchev–Trinajstić information content (AvgIpc) is 3.08. The van der Waals surface area contributed by atoms with Crippen LogP contribution in [-0.2, 0) is 10.8 Å². The van der Waals surface area contributed by atoms with Crippen LogP contribution in [0.15, 0.2) is 65.1 Å². The van der Waals surface area contributed by atoms with Crippen LogP contribution in [0.25, 0.3) is 11.1 Å². The van der Waals surface area contributed by atoms with Gasteiger partial charge in [-0.15, -0.1) is 0 Å². The minimum absolute atomic E-state index is 0.145. The van der Waals surface area contributed by atoms with E-state index in [9.17, 15) is 0 Å². The Labute approximate surface area is 212 Å². The number of rotatable bonds is 2. The number of hydrogen-bond donors (Lipinski definition) is 1. The molecule has 3 aromatic rings. The first-order chi connectivity index (χ1) is 16.3. The zero-order valence-corrected chi connectivity index (χ0v) is 22.1. The van der Waals surface area contributed by atoms with Crippen molar-refractivity contribution in [2.45, 2.75) is 63.7 Å². The highest BCUT2D eigenvalue weighted by Crippen LogP contribution is 2.69. The van der Waals surface area contributed by atoms with Crippen LogP contribution in [-0.4, -0.2) is 0 Å². The van der Waals surface area contributed by atoms with Gasteiger partial charge in [-0.2, -0.15) is 0 Å². The van der Waals surface area contributed by atoms with Crippen LogP contribution < -0.4 is 5.32 Å². The highest BCUT2D eigenvalue weighted by molar-refractivity contribution is 9.10. The Morgan fingerprint density at radius 2 is 1.44 bits per heavy atom. The van der Waals surface area contributed by atoms with Crippen molar-refractivity contribution in [2.75, 3.05) is 5.32 Å². The van der Waals surface area contributed by atoms with E-state index in [4.69, 9.17) is 0 Å². The third-order valence-corrected chi connectivity index (χ3v) is 10.3. The zero-order valence-electron chi connectivity index (χ0n) is 20.5. The van der Waals surface area contributed by atoms with Gasteiger partial charge in [-0.05, 0) is 129 Å². The fourth-order valence-corrected chi connectivity index (χ4v) is 8.95. The summed E-state index contributed by atoms with van der Waals surface area (Å²) in [6, 6.07) is 23.3. The molecule has 8 rings (SSSR count). The van der Waals surface area contributed by atoms with E-state index >= 15 is 0 Å². The molecule has 5 aliphatic carbocycles. The van der Waals surface area contributed by atoms with E-state index in [1.165, 1.54) is 54.5 Å². The summed E-state index contributed by atoms with van der Waals surface area (Å²) in [7, 11) is 0. The minimum Gasteiger partial charge on any atom is -0.355 e. The molecule has 3 aromatic carbocycles. The number of halogens is 1. The van der Waals surface area contributed by atoms with Crippen LogP contribution in [0.2, 0.25) is 0 Å². The van der Waals surface area contributed by atoms with Crippen LogP contribution in [0.4, 0.5) is 11.4 Å². The molecule has 0 saturated heterocycles. The molecule has 1 N–H and O–H groups in total. The van der Waals surface area contributed by atoms with Gasteiger partial charge in [0.1, 0.15) is 0 Å². The maximum absolute atomic E-state index is 3.84. The molecular weight excluding hydrogens is 478 g/mol. The van der Waals surface area contributed by atoms with E-state index in [1.54, 1.807) is 11.1 Å². The first-order valence-corrected chi connectivity index (χ1v) is 13.9. The standard InChI is InChI=1S/C32H34BrN/c1-31(2,3)21-8-11-30(29(33)17-21)34-24-9-10-26-25-6-4-5-7-27(25)32(28(26)18-24)22-13-19-12-20(15-22)16-23(32)14-19/h4-11,17-20,22-23,34H,12-16H2,1-3H3. The van der Waals surface area contributed by atoms with Gasteiger partial charge in [-0.3, -0.25) is 0 Å². The van der Waals surface area contributed by atoms with Crippen LogP contribution in [0.5, 0.6) is 0 Å². The molecule has 1 spiro atoms. The maximum atomic E-state index is 3.84. The predicted molar refractivity (Wildman–Crippen MR) is 146 cm³/mol. The summed E-state index contributed by atoms with van der Waals surface area (Å²) >= 11 is 3.84. The van der Waals surface area contributed by atoms with Crippen LogP contribution in [0.1, 0.15) is 69.6 Å². The van der Waals surface area contributed by atoms with E-state index in [2.05, 4.69) is 103 Å². The Balaban J connectivity index is 1.33. The monoisotopic (exact) mass is 511 g/mol. The molecule has 0 radical (unpaired) electrons. The molecule has 0 unspecified atom stereocenters. The van der Waals surface area contributed by atoms with Crippen LogP contribution in [0, 0.1) is 23.7 Å². The second-order valence-corrected chi connectivity index (χ2v) is 13.4. The summed E-state index contributed by atoms with van der Waals surface area (Å²) in [6.45, 7) is 6.81. The molecule has 0 atom stereocenters. The SMILES string of the molecule is CC(C)(C)c1ccc(Nc2ccc3c(c2)C2(c4ccccc4-3)C3CC4CC(C3)CC2C4)c(Br)c1. The number of benzene rings is 3. The van der Waals surface area contributed by atoms with Crippen molar-refractivity contribution in [2.24, 2.45) is 23.7 Å². The molecular formula is C32H34BrN. The highest BCUT2D eigenvalue weighted by atomic mass is 79.9. The molecule has 2 heteroatoms. The predicted octanol–water partition coefficient (Wildman–Crippen LogP) is 9.21. The lowest BCUT2D eigenvalue weighted by atomic mass is 9.43. The van der Waals surface area contributed by atoms with Crippen LogP contribution >= 0.6 is 15.9 Å². The lowest BCUT2D eigenvalue weighted by Crippen LogP contribution is -2.55. The zero-order chi connectivity index (χ0) is 23.2. The molecule has 0 aliphatic heterocycles. The summed E-state index contributed by atoms with van der Waals surface area (Å²) < 4.78 is 1.13. The van der Waals surface area contributed by atoms with Gasteiger partial charge in [0.05, 0.1) is 5.69 Å². The Bertz CT molecular complexity index is 1270. The molecule has 174 valence electrons. The fraction of sp³-hybridized carbons (Fsp3) is 0.438. The third-order valence-electron chi connectivity index (χ3n) is 9.67. The molecule has 0 heterocycles. The number of fused-ring (bicyclic) bond motifs is 3. The molecule has 0 aromatic heterocycles. The van der Waals surface area contributed by atoms with Crippen molar-refractivity contribution < 1.29 is 0 Å². The van der Waals surface area contributed by atoms with Crippen molar-refractivity contribution >= 4 is 27.3 Å². The topological polar surface area (TPSA) is 12.0 Å². The normalized spacial score (nSPS) is 30.5. The van der Waals surface area contributed by atoms with Gasteiger partial charge in [0.25, 0.3) is 0 Å². The Hall–Kier alpha value is -2.06. The van der Waals surface area contributed by atoms with Crippen LogP contribution in [0.3, 0.4) is 0 Å². The van der Waals surface area contributed by atoms with E-state index < -0.39 is 0 Å². The average molecular weight is 513 g/mol. The van der Waals surface area contributed by atoms with Gasteiger partial charge in [0, 0.05) is 15.6 Å². The molecule has 1 nitrogen and oxygen atoms in total. The minimum atomic E-state index is 0.145. The van der Waals surface area contributed by atoms with Crippen molar-refractivity contribution in [1.82, 2.24) is 0 Å². The largest absolute Gasteiger partial charge is 0.355 e. The second-order valence-electron chi connectivity index (χ2n) is 12.5. The summed E-state index contributed by atoms with van der Waals surface area (Å²) in [5, 5.41) is 3.77. The van der Waals surface area contributed by atoms with Crippen molar-refractivity contribution in [3.05, 3.63) is 81.8 Å². The Morgan fingerprint density at radius 1 is 0.765 bits per heavy atom. The first-order valence-electron chi connectivity index (χ1n) is 13.2. The van der Waals surface area contributed by atoms with E-state index in [1.807, 2.05) is 0 Å². The summed E-state index contributed by atoms with van der Waals surface area (Å²) in [4.78, 5) is 0. The molecule has 5 aliphatic rings. The Kier molecular flexibility index (Phi) is 4.52. The smallest absolute Gasteiger partial charge is 0.0528 e. The highest BCUT2D eigenvalue weighted by Gasteiger charge is 2.61. The van der Waals surface area contributed by atoms with Crippen molar-refractivity contribution in [3.8, 4) is 11.1 Å². The Morgan fingerprint density at radius 3 is 2.12 bits per heavy atom. The number of hydrogen-bond acceptors (Lipinski definition) is 1. The molecule has 0 amide bonds. The molecule has 4 saturated carbocycles. The molecule has 4 fully saturated rings. The van der Waals surface area contributed by atoms with E-state index in [0.717, 1.165) is 33.8 Å². The lowest BCUT2D eigenvalue weighted by molar-refractivity contribution is -0.0399. The van der Waals surface area contributed by atoms with Gasteiger partial charge < -0.3 is 5.32 Å². The molecule has 4 bridgehead atoms. The lowest BCUT2D eigenvalue weighted by Gasteiger charge is -2.61. The van der Waals surface area contributed by atoms with Crippen molar-refractivity contribution in [3.63, 3.8) is 0 Å². The van der Waals surface area contributed by atoms with Gasteiger partial charge >= 0.3 is 0 Å². The van der Waals surface area contributed by atoms with Gasteiger partial charge in [-0.1, -0.05) is 57.2 Å². The quantitative estimate of drug-likeness (QED) is 0.361. The van der Waals surface area contributed by atoms with E-state index in [0.29, 0.717) is 0 Å². The van der Waals surface area contributed by atoms with Gasteiger partial charge in [0.15, 0.2) is 0 Å². The van der Waals surface area contributed by atoms with Gasteiger partial charge in [-0.25, -0.2) is 0 Å². The second kappa shape index (κ2) is 7.23. The maximum Gasteiger partial charge on any atom is 0.0528 e. The van der Waals surface area contributed by atoms with E-state index in [-0.39, 0.29) is 10.8 Å².